The van der Waals surface area contributed by atoms with E-state index in [9.17, 15) is 0 Å². The van der Waals surface area contributed by atoms with Gasteiger partial charge in [-0.15, -0.1) is 0 Å². The molecule has 0 aliphatic carbocycles. The molecule has 1 heterocycles. The van der Waals surface area contributed by atoms with E-state index in [1.54, 1.807) is 0 Å². The monoisotopic (exact) mass is 324 g/mol. The summed E-state index contributed by atoms with van der Waals surface area (Å²) in [5.74, 6) is 0.699. The summed E-state index contributed by atoms with van der Waals surface area (Å²) in [6, 6.07) is 13.3. The first-order valence-corrected chi connectivity index (χ1v) is 7.51. The molecule has 2 aromatic carbocycles. The van der Waals surface area contributed by atoms with Crippen molar-refractivity contribution in [1.82, 2.24) is 0 Å². The van der Waals surface area contributed by atoms with Crippen LogP contribution in [0.5, 0.6) is 0 Å². The highest BCUT2D eigenvalue weighted by molar-refractivity contribution is 6.34. The number of hydrogen-bond donors (Lipinski definition) is 2. The smallest absolute Gasteiger partial charge is 0.128 e. The number of rotatable bonds is 3. The molecule has 1 aliphatic rings. The summed E-state index contributed by atoms with van der Waals surface area (Å²) in [5, 5.41) is 0.608. The van der Waals surface area contributed by atoms with Crippen molar-refractivity contribution in [2.24, 2.45) is 16.5 Å². The lowest BCUT2D eigenvalue weighted by Gasteiger charge is -2.32. The normalized spacial score (nSPS) is 13.6. The fraction of sp³-hybridized carbons (Fsp3) is 0.0556. The zero-order valence-electron chi connectivity index (χ0n) is 12.6. The van der Waals surface area contributed by atoms with Crippen molar-refractivity contribution < 1.29 is 0 Å². The highest BCUT2D eigenvalue weighted by atomic mass is 35.5. The van der Waals surface area contributed by atoms with E-state index < -0.39 is 0 Å². The molecule has 23 heavy (non-hydrogen) atoms. The van der Waals surface area contributed by atoms with Crippen LogP contribution < -0.4 is 16.4 Å². The van der Waals surface area contributed by atoms with Crippen LogP contribution in [0.25, 0.3) is 11.4 Å². The summed E-state index contributed by atoms with van der Waals surface area (Å²) < 4.78 is 0. The van der Waals surface area contributed by atoms with Gasteiger partial charge in [-0.05, 0) is 29.8 Å². The summed E-state index contributed by atoms with van der Waals surface area (Å²) >= 11 is 6.34. The lowest BCUT2D eigenvalue weighted by molar-refractivity contribution is 1.18. The van der Waals surface area contributed by atoms with Gasteiger partial charge in [-0.25, -0.2) is 4.99 Å². The summed E-state index contributed by atoms with van der Waals surface area (Å²) in [7, 11) is 0. The number of aliphatic imine (C=N–C) groups is 1. The largest absolute Gasteiger partial charge is 0.399 e. The third-order valence-corrected chi connectivity index (χ3v) is 4.03. The zero-order valence-corrected chi connectivity index (χ0v) is 13.3. The quantitative estimate of drug-likeness (QED) is 0.903. The average molecular weight is 325 g/mol. The lowest BCUT2D eigenvalue weighted by atomic mass is 10.0. The molecule has 0 fully saturated rings. The van der Waals surface area contributed by atoms with Gasteiger partial charge in [0.25, 0.3) is 0 Å². The molecule has 0 radical (unpaired) electrons. The molecular formula is C18H17ClN4. The van der Waals surface area contributed by atoms with Gasteiger partial charge in [0.15, 0.2) is 0 Å². The average Bonchev–Trinajstić information content (AvgIpc) is 2.54. The van der Waals surface area contributed by atoms with Crippen molar-refractivity contribution >= 4 is 40.2 Å². The Morgan fingerprint density at radius 3 is 2.65 bits per heavy atom. The van der Waals surface area contributed by atoms with Gasteiger partial charge in [0.05, 0.1) is 23.0 Å². The molecule has 4 nitrogen and oxygen atoms in total. The summed E-state index contributed by atoms with van der Waals surface area (Å²) in [4.78, 5) is 6.53. The predicted molar refractivity (Wildman–Crippen MR) is 98.8 cm³/mol. The van der Waals surface area contributed by atoms with E-state index in [-0.39, 0.29) is 6.54 Å². The molecule has 0 amide bonds. The van der Waals surface area contributed by atoms with Crippen LogP contribution in [-0.2, 0) is 0 Å². The van der Waals surface area contributed by atoms with Gasteiger partial charge in [-0.1, -0.05) is 43.0 Å². The maximum Gasteiger partial charge on any atom is 0.128 e. The van der Waals surface area contributed by atoms with Gasteiger partial charge in [-0.3, -0.25) is 4.90 Å². The second-order valence-corrected chi connectivity index (χ2v) is 5.63. The third kappa shape index (κ3) is 2.63. The zero-order chi connectivity index (χ0) is 16.6. The van der Waals surface area contributed by atoms with Crippen LogP contribution >= 0.6 is 11.6 Å². The number of nitrogens with zero attached hydrogens (tertiary/aromatic N) is 2. The van der Waals surface area contributed by atoms with Gasteiger partial charge in [-0.2, -0.15) is 0 Å². The first kappa shape index (κ1) is 15.3. The minimum absolute atomic E-state index is 0.277. The molecule has 3 rings (SSSR count). The van der Waals surface area contributed by atoms with Crippen LogP contribution in [0.2, 0.25) is 5.02 Å². The van der Waals surface area contributed by atoms with Crippen LogP contribution in [0.15, 0.2) is 60.6 Å². The molecule has 0 unspecified atom stereocenters. The van der Waals surface area contributed by atoms with Crippen molar-refractivity contribution in [3.63, 3.8) is 0 Å². The lowest BCUT2D eigenvalue weighted by Crippen LogP contribution is -2.36. The van der Waals surface area contributed by atoms with Crippen LogP contribution in [0.3, 0.4) is 0 Å². The first-order valence-electron chi connectivity index (χ1n) is 7.13. The number of benzene rings is 2. The molecule has 116 valence electrons. The Labute approximate surface area is 140 Å². The van der Waals surface area contributed by atoms with Gasteiger partial charge >= 0.3 is 0 Å². The number of halogens is 1. The van der Waals surface area contributed by atoms with Gasteiger partial charge in [0, 0.05) is 16.9 Å². The minimum atomic E-state index is 0.277. The van der Waals surface area contributed by atoms with Crippen molar-refractivity contribution in [3.05, 3.63) is 71.8 Å². The standard InChI is InChI=1S/C18H17ClN4/c1-11(21)13-5-3-6-14(9-13)23-12(2)18-15(19)7-4-8-16(18)22-17(23)10-20/h3-9H,1-2,10,20-21H2. The Bertz CT molecular complexity index is 839. The maximum atomic E-state index is 6.34. The Balaban J connectivity index is 2.17. The highest BCUT2D eigenvalue weighted by Crippen LogP contribution is 2.40. The molecular weight excluding hydrogens is 308 g/mol. The second-order valence-electron chi connectivity index (χ2n) is 5.22. The van der Waals surface area contributed by atoms with Crippen LogP contribution in [0, 0.1) is 0 Å². The third-order valence-electron chi connectivity index (χ3n) is 3.72. The van der Waals surface area contributed by atoms with Crippen LogP contribution in [0.1, 0.15) is 11.1 Å². The van der Waals surface area contributed by atoms with E-state index in [0.717, 1.165) is 28.2 Å². The summed E-state index contributed by atoms with van der Waals surface area (Å²) in [5.41, 5.74) is 16.2. The Morgan fingerprint density at radius 2 is 1.96 bits per heavy atom. The number of hydrogen-bond acceptors (Lipinski definition) is 4. The Hall–Kier alpha value is -2.56. The molecule has 0 aromatic heterocycles. The number of nitrogens with two attached hydrogens (primary N) is 2. The van der Waals surface area contributed by atoms with E-state index in [1.807, 2.05) is 47.4 Å². The van der Waals surface area contributed by atoms with Crippen LogP contribution in [0.4, 0.5) is 11.4 Å². The van der Waals surface area contributed by atoms with Crippen molar-refractivity contribution in [1.29, 1.82) is 0 Å². The molecule has 0 saturated carbocycles. The maximum absolute atomic E-state index is 6.34. The van der Waals surface area contributed by atoms with E-state index in [2.05, 4.69) is 18.2 Å². The summed E-state index contributed by atoms with van der Waals surface area (Å²) in [6.07, 6.45) is 0. The molecule has 1 aliphatic heterocycles. The predicted octanol–water partition coefficient (Wildman–Crippen LogP) is 3.75. The molecule has 0 saturated heterocycles. The fourth-order valence-electron chi connectivity index (χ4n) is 2.63. The van der Waals surface area contributed by atoms with Gasteiger partial charge < -0.3 is 11.5 Å². The topological polar surface area (TPSA) is 67.6 Å². The van der Waals surface area contributed by atoms with Gasteiger partial charge in [0.1, 0.15) is 5.84 Å². The summed E-state index contributed by atoms with van der Waals surface area (Å²) in [6.45, 7) is 8.26. The van der Waals surface area contributed by atoms with Crippen molar-refractivity contribution in [3.8, 4) is 0 Å². The van der Waals surface area contributed by atoms with E-state index in [1.165, 1.54) is 0 Å². The molecule has 2 aromatic rings. The molecule has 0 bridgehead atoms. The highest BCUT2D eigenvalue weighted by Gasteiger charge is 2.26. The van der Waals surface area contributed by atoms with E-state index in [4.69, 9.17) is 23.1 Å². The number of anilines is 1. The number of amidine groups is 1. The SMILES string of the molecule is C=C(N)c1cccc(N2C(=C)c3c(Cl)cccc3N=C2CN)c1. The second kappa shape index (κ2) is 5.91. The molecule has 0 atom stereocenters. The Morgan fingerprint density at radius 1 is 1.22 bits per heavy atom. The molecule has 5 heteroatoms. The molecule has 4 N–H and O–H groups in total. The number of fused-ring (bicyclic) bond motifs is 1. The minimum Gasteiger partial charge on any atom is -0.399 e. The Kier molecular flexibility index (Phi) is 3.94. The van der Waals surface area contributed by atoms with Crippen LogP contribution in [-0.4, -0.2) is 12.4 Å². The van der Waals surface area contributed by atoms with Crippen molar-refractivity contribution in [2.75, 3.05) is 11.4 Å². The van der Waals surface area contributed by atoms with Crippen molar-refractivity contribution in [2.45, 2.75) is 0 Å². The van der Waals surface area contributed by atoms with E-state index in [0.29, 0.717) is 16.6 Å². The van der Waals surface area contributed by atoms with E-state index >= 15 is 0 Å². The first-order chi connectivity index (χ1) is 11.0. The fourth-order valence-corrected chi connectivity index (χ4v) is 2.91. The van der Waals surface area contributed by atoms with Gasteiger partial charge in [0.2, 0.25) is 0 Å². The molecule has 0 spiro atoms.